The van der Waals surface area contributed by atoms with Gasteiger partial charge in [-0.05, 0) is 76.4 Å². The fourth-order valence-corrected chi connectivity index (χ4v) is 4.39. The molecule has 2 aliphatic heterocycles. The lowest BCUT2D eigenvalue weighted by Gasteiger charge is -2.38. The van der Waals surface area contributed by atoms with Crippen LogP contribution >= 0.6 is 24.0 Å². The van der Waals surface area contributed by atoms with Crippen LogP contribution in [0.5, 0.6) is 0 Å². The number of nitrogens with zero attached hydrogens (tertiary/aromatic N) is 3. The first-order valence-electron chi connectivity index (χ1n) is 9.96. The summed E-state index contributed by atoms with van der Waals surface area (Å²) in [6.45, 7) is 12.8. The lowest BCUT2D eigenvalue weighted by atomic mass is 9.68. The average molecular weight is 448 g/mol. The Labute approximate surface area is 165 Å². The largest absolute Gasteiger partial charge is 0.357 e. The zero-order valence-electron chi connectivity index (χ0n) is 15.7. The number of aliphatic imine (C=N–C) groups is 1. The lowest BCUT2D eigenvalue weighted by molar-refractivity contribution is 0.151. The third-order valence-corrected chi connectivity index (χ3v) is 6.26. The summed E-state index contributed by atoms with van der Waals surface area (Å²) in [5, 5.41) is 3.52. The summed E-state index contributed by atoms with van der Waals surface area (Å²) in [7, 11) is 0. The first-order chi connectivity index (χ1) is 11.2. The number of halogens is 1. The molecular weight excluding hydrogens is 411 g/mol. The second kappa shape index (κ2) is 9.60. The maximum absolute atomic E-state index is 4.92. The van der Waals surface area contributed by atoms with E-state index in [1.165, 1.54) is 83.6 Å². The third-order valence-electron chi connectivity index (χ3n) is 6.26. The number of likely N-dealkylation sites (tertiary alicyclic amines) is 2. The fraction of sp³-hybridized carbons (Fsp3) is 0.947. The summed E-state index contributed by atoms with van der Waals surface area (Å²) >= 11 is 0. The summed E-state index contributed by atoms with van der Waals surface area (Å²) in [4.78, 5) is 10.1. The fourth-order valence-electron chi connectivity index (χ4n) is 4.39. The topological polar surface area (TPSA) is 30.9 Å². The number of hydrogen-bond donors (Lipinski definition) is 1. The van der Waals surface area contributed by atoms with Crippen LogP contribution in [0.3, 0.4) is 0 Å². The van der Waals surface area contributed by atoms with Crippen molar-refractivity contribution in [2.75, 3.05) is 45.8 Å². The molecule has 0 amide bonds. The minimum Gasteiger partial charge on any atom is -0.357 e. The second-order valence-corrected chi connectivity index (χ2v) is 8.14. The van der Waals surface area contributed by atoms with Gasteiger partial charge in [-0.15, -0.1) is 24.0 Å². The highest BCUT2D eigenvalue weighted by atomic mass is 127. The highest BCUT2D eigenvalue weighted by molar-refractivity contribution is 14.0. The van der Waals surface area contributed by atoms with Gasteiger partial charge in [0.05, 0.1) is 0 Å². The smallest absolute Gasteiger partial charge is 0.193 e. The second-order valence-electron chi connectivity index (χ2n) is 8.14. The monoisotopic (exact) mass is 448 g/mol. The summed E-state index contributed by atoms with van der Waals surface area (Å²) in [5.41, 5.74) is 0.653. The van der Waals surface area contributed by atoms with Crippen LogP contribution in [0.4, 0.5) is 0 Å². The molecule has 4 nitrogen and oxygen atoms in total. The molecule has 0 unspecified atom stereocenters. The Hall–Kier alpha value is -0.0400. The van der Waals surface area contributed by atoms with Gasteiger partial charge in [0.15, 0.2) is 5.96 Å². The third kappa shape index (κ3) is 5.23. The molecular formula is C19H37IN4. The van der Waals surface area contributed by atoms with Crippen LogP contribution < -0.4 is 5.32 Å². The summed E-state index contributed by atoms with van der Waals surface area (Å²) < 4.78 is 0. The van der Waals surface area contributed by atoms with Gasteiger partial charge in [0.25, 0.3) is 0 Å². The number of rotatable bonds is 5. The van der Waals surface area contributed by atoms with E-state index >= 15 is 0 Å². The average Bonchev–Trinajstić information content (AvgIpc) is 2.98. The Kier molecular flexibility index (Phi) is 8.11. The number of hydrogen-bond acceptors (Lipinski definition) is 2. The molecule has 5 heteroatoms. The summed E-state index contributed by atoms with van der Waals surface area (Å²) in [6, 6.07) is 0. The van der Waals surface area contributed by atoms with Crippen molar-refractivity contribution in [1.29, 1.82) is 0 Å². The van der Waals surface area contributed by atoms with Gasteiger partial charge in [0, 0.05) is 26.2 Å². The van der Waals surface area contributed by atoms with E-state index in [0.29, 0.717) is 5.41 Å². The Balaban J connectivity index is 0.00000208. The number of guanidine groups is 1. The highest BCUT2D eigenvalue weighted by Crippen LogP contribution is 2.47. The quantitative estimate of drug-likeness (QED) is 0.302. The van der Waals surface area contributed by atoms with Gasteiger partial charge in [0.1, 0.15) is 0 Å². The van der Waals surface area contributed by atoms with Gasteiger partial charge in [-0.3, -0.25) is 4.99 Å². The van der Waals surface area contributed by atoms with Gasteiger partial charge in [-0.1, -0.05) is 13.3 Å². The summed E-state index contributed by atoms with van der Waals surface area (Å²) in [6.07, 6.45) is 9.65. The van der Waals surface area contributed by atoms with E-state index in [-0.39, 0.29) is 24.0 Å². The van der Waals surface area contributed by atoms with Gasteiger partial charge in [-0.2, -0.15) is 0 Å². The number of nitrogens with one attached hydrogen (secondary N) is 1. The van der Waals surface area contributed by atoms with Crippen LogP contribution in [0.25, 0.3) is 0 Å². The lowest BCUT2D eigenvalue weighted by Crippen LogP contribution is -2.42. The van der Waals surface area contributed by atoms with Crippen molar-refractivity contribution in [2.45, 2.75) is 58.8 Å². The SMILES string of the molecule is CCNC(=NCCCN1CCC(C)CC1)N1CCC2(CCC2)C1.I. The van der Waals surface area contributed by atoms with Crippen LogP contribution in [0, 0.1) is 11.3 Å². The summed E-state index contributed by atoms with van der Waals surface area (Å²) in [5.74, 6) is 2.10. The zero-order valence-corrected chi connectivity index (χ0v) is 18.1. The van der Waals surface area contributed by atoms with Crippen molar-refractivity contribution >= 4 is 29.9 Å². The van der Waals surface area contributed by atoms with Crippen molar-refractivity contribution in [3.63, 3.8) is 0 Å². The highest BCUT2D eigenvalue weighted by Gasteiger charge is 2.43. The van der Waals surface area contributed by atoms with E-state index in [9.17, 15) is 0 Å². The molecule has 3 rings (SSSR count). The van der Waals surface area contributed by atoms with Gasteiger partial charge in [0.2, 0.25) is 0 Å². The molecule has 1 spiro atoms. The Bertz CT molecular complexity index is 400. The van der Waals surface area contributed by atoms with Crippen LogP contribution in [-0.2, 0) is 0 Å². The molecule has 24 heavy (non-hydrogen) atoms. The van der Waals surface area contributed by atoms with Crippen molar-refractivity contribution < 1.29 is 0 Å². The molecule has 140 valence electrons. The molecule has 0 aromatic carbocycles. The van der Waals surface area contributed by atoms with Crippen molar-refractivity contribution in [3.05, 3.63) is 0 Å². The van der Waals surface area contributed by atoms with Crippen LogP contribution in [0.2, 0.25) is 0 Å². The number of piperidine rings is 1. The van der Waals surface area contributed by atoms with Crippen LogP contribution in [0.15, 0.2) is 4.99 Å². The molecule has 1 saturated carbocycles. The van der Waals surface area contributed by atoms with E-state index in [1.807, 2.05) is 0 Å². The maximum Gasteiger partial charge on any atom is 0.193 e. The standard InChI is InChI=1S/C19H36N4.HI/c1-3-20-18(23-15-10-19(16-23)8-4-9-19)21-11-5-12-22-13-6-17(2)7-14-22;/h17H,3-16H2,1-2H3,(H,20,21);1H. The minimum absolute atomic E-state index is 0. The molecule has 3 fully saturated rings. The molecule has 0 aromatic heterocycles. The predicted octanol–water partition coefficient (Wildman–Crippen LogP) is 3.57. The minimum atomic E-state index is 0. The molecule has 0 aromatic rings. The molecule has 0 bridgehead atoms. The van der Waals surface area contributed by atoms with E-state index in [2.05, 4.69) is 29.0 Å². The molecule has 2 saturated heterocycles. The van der Waals surface area contributed by atoms with Crippen LogP contribution in [0.1, 0.15) is 58.8 Å². The predicted molar refractivity (Wildman–Crippen MR) is 113 cm³/mol. The van der Waals surface area contributed by atoms with E-state index < -0.39 is 0 Å². The normalized spacial score (nSPS) is 24.8. The Morgan fingerprint density at radius 1 is 1.17 bits per heavy atom. The molecule has 1 N–H and O–H groups in total. The van der Waals surface area contributed by atoms with E-state index in [0.717, 1.165) is 19.0 Å². The van der Waals surface area contributed by atoms with Gasteiger partial charge in [-0.25, -0.2) is 0 Å². The molecule has 1 aliphatic carbocycles. The first kappa shape index (κ1) is 20.3. The molecule has 3 aliphatic rings. The Morgan fingerprint density at radius 2 is 1.92 bits per heavy atom. The first-order valence-corrected chi connectivity index (χ1v) is 9.96. The zero-order chi connectivity index (χ0) is 16.1. The van der Waals surface area contributed by atoms with E-state index in [4.69, 9.17) is 4.99 Å². The van der Waals surface area contributed by atoms with Crippen molar-refractivity contribution in [3.8, 4) is 0 Å². The van der Waals surface area contributed by atoms with Crippen LogP contribution in [-0.4, -0.2) is 61.6 Å². The van der Waals surface area contributed by atoms with E-state index in [1.54, 1.807) is 0 Å². The van der Waals surface area contributed by atoms with Crippen molar-refractivity contribution in [1.82, 2.24) is 15.1 Å². The van der Waals surface area contributed by atoms with Gasteiger partial charge >= 0.3 is 0 Å². The Morgan fingerprint density at radius 3 is 2.50 bits per heavy atom. The molecule has 2 heterocycles. The van der Waals surface area contributed by atoms with Gasteiger partial charge < -0.3 is 15.1 Å². The van der Waals surface area contributed by atoms with Crippen molar-refractivity contribution in [2.24, 2.45) is 16.3 Å². The molecule has 0 radical (unpaired) electrons. The maximum atomic E-state index is 4.92. The molecule has 0 atom stereocenters.